The van der Waals surface area contributed by atoms with Gasteiger partial charge in [-0.2, -0.15) is 5.26 Å². The molecule has 0 aromatic heterocycles. The van der Waals surface area contributed by atoms with E-state index in [1.807, 2.05) is 6.26 Å². The molecule has 1 nitrogen and oxygen atoms in total. The van der Waals surface area contributed by atoms with E-state index in [2.05, 4.69) is 12.6 Å². The molecule has 0 radical (unpaired) electrons. The van der Waals surface area contributed by atoms with E-state index in [0.29, 0.717) is 5.57 Å². The third-order valence-electron chi connectivity index (χ3n) is 1.97. The van der Waals surface area contributed by atoms with Crippen LogP contribution in [-0.4, -0.2) is 11.0 Å². The molecule has 0 aliphatic rings. The molecule has 0 spiro atoms. The van der Waals surface area contributed by atoms with Crippen molar-refractivity contribution in [3.05, 3.63) is 36.2 Å². The zero-order chi connectivity index (χ0) is 11.2. The molecule has 0 rings (SSSR count). The number of halogens is 1. The molecule has 0 heterocycles. The standard InChI is InChI=1S/C11H14FNS/c1-5-9(7-10(12)6-2)11(3,8-13)14-4/h5-7H,2H2,1,3-4H3/b9-5+,10-7+. The highest BCUT2D eigenvalue weighted by Crippen LogP contribution is 2.31. The molecule has 14 heavy (non-hydrogen) atoms. The Morgan fingerprint density at radius 1 is 1.64 bits per heavy atom. The molecule has 0 aliphatic carbocycles. The summed E-state index contributed by atoms with van der Waals surface area (Å²) < 4.78 is 12.3. The molecule has 3 heteroatoms. The summed E-state index contributed by atoms with van der Waals surface area (Å²) in [6.07, 6.45) is 6.03. The zero-order valence-corrected chi connectivity index (χ0v) is 9.49. The number of nitriles is 1. The molecule has 76 valence electrons. The van der Waals surface area contributed by atoms with Crippen molar-refractivity contribution < 1.29 is 4.39 Å². The molecule has 0 bridgehead atoms. The molecule has 0 N–H and O–H groups in total. The van der Waals surface area contributed by atoms with Crippen LogP contribution in [0.5, 0.6) is 0 Å². The number of thioether (sulfide) groups is 1. The van der Waals surface area contributed by atoms with Gasteiger partial charge in [0.1, 0.15) is 10.6 Å². The van der Waals surface area contributed by atoms with Gasteiger partial charge < -0.3 is 0 Å². The summed E-state index contributed by atoms with van der Waals surface area (Å²) in [5, 5.41) is 8.98. The molecule has 0 aromatic carbocycles. The van der Waals surface area contributed by atoms with Gasteiger partial charge in [-0.3, -0.25) is 0 Å². The Hall–Kier alpha value is -1.01. The molecule has 0 saturated carbocycles. The van der Waals surface area contributed by atoms with Gasteiger partial charge in [0, 0.05) is 0 Å². The van der Waals surface area contributed by atoms with E-state index in [1.54, 1.807) is 19.9 Å². The summed E-state index contributed by atoms with van der Waals surface area (Å²) in [5.74, 6) is -0.423. The Balaban J connectivity index is 5.13. The number of hydrogen-bond acceptors (Lipinski definition) is 2. The minimum Gasteiger partial charge on any atom is -0.207 e. The van der Waals surface area contributed by atoms with Crippen molar-refractivity contribution in [1.82, 2.24) is 0 Å². The van der Waals surface area contributed by atoms with Crippen LogP contribution in [0.4, 0.5) is 4.39 Å². The molecular weight excluding hydrogens is 197 g/mol. The fourth-order valence-electron chi connectivity index (χ4n) is 0.932. The van der Waals surface area contributed by atoms with E-state index in [4.69, 9.17) is 5.26 Å². The monoisotopic (exact) mass is 211 g/mol. The van der Waals surface area contributed by atoms with Gasteiger partial charge in [0.25, 0.3) is 0 Å². The molecule has 1 unspecified atom stereocenters. The van der Waals surface area contributed by atoms with E-state index < -0.39 is 10.6 Å². The lowest BCUT2D eigenvalue weighted by Gasteiger charge is -2.20. The van der Waals surface area contributed by atoms with E-state index in [1.165, 1.54) is 17.8 Å². The number of nitrogens with zero attached hydrogens (tertiary/aromatic N) is 1. The van der Waals surface area contributed by atoms with E-state index in [0.717, 1.165) is 6.08 Å². The van der Waals surface area contributed by atoms with Crippen molar-refractivity contribution in [3.63, 3.8) is 0 Å². The second kappa shape index (κ2) is 5.66. The van der Waals surface area contributed by atoms with Crippen molar-refractivity contribution >= 4 is 11.8 Å². The first kappa shape index (κ1) is 13.0. The summed E-state index contributed by atoms with van der Waals surface area (Å²) >= 11 is 1.38. The van der Waals surface area contributed by atoms with Crippen molar-refractivity contribution in [2.45, 2.75) is 18.6 Å². The first-order valence-corrected chi connectivity index (χ1v) is 5.39. The Kier molecular flexibility index (Phi) is 5.26. The summed E-state index contributed by atoms with van der Waals surface area (Å²) in [4.78, 5) is 0. The van der Waals surface area contributed by atoms with Gasteiger partial charge in [-0.1, -0.05) is 12.7 Å². The Bertz CT molecular complexity index is 312. The molecule has 0 amide bonds. The smallest absolute Gasteiger partial charge is 0.124 e. The van der Waals surface area contributed by atoms with Gasteiger partial charge in [0.15, 0.2) is 0 Å². The maximum Gasteiger partial charge on any atom is 0.124 e. The van der Waals surface area contributed by atoms with Crippen LogP contribution < -0.4 is 0 Å². The highest BCUT2D eigenvalue weighted by atomic mass is 32.2. The zero-order valence-electron chi connectivity index (χ0n) is 8.67. The number of allylic oxidation sites excluding steroid dienone is 4. The topological polar surface area (TPSA) is 23.8 Å². The first-order valence-electron chi connectivity index (χ1n) is 4.17. The van der Waals surface area contributed by atoms with Crippen LogP contribution in [-0.2, 0) is 0 Å². The summed E-state index contributed by atoms with van der Waals surface area (Å²) in [7, 11) is 0. The van der Waals surface area contributed by atoms with Gasteiger partial charge in [0.2, 0.25) is 0 Å². The van der Waals surface area contributed by atoms with Crippen LogP contribution in [0, 0.1) is 11.3 Å². The maximum absolute atomic E-state index is 13.0. The van der Waals surface area contributed by atoms with Crippen LogP contribution in [0.25, 0.3) is 0 Å². The van der Waals surface area contributed by atoms with Crippen LogP contribution in [0.2, 0.25) is 0 Å². The van der Waals surface area contributed by atoms with Crippen LogP contribution in [0.3, 0.4) is 0 Å². The molecule has 0 aliphatic heterocycles. The van der Waals surface area contributed by atoms with Gasteiger partial charge in [0.05, 0.1) is 6.07 Å². The summed E-state index contributed by atoms with van der Waals surface area (Å²) in [6, 6.07) is 2.16. The van der Waals surface area contributed by atoms with Gasteiger partial charge in [-0.25, -0.2) is 4.39 Å². The van der Waals surface area contributed by atoms with Crippen LogP contribution in [0.15, 0.2) is 36.2 Å². The second-order valence-electron chi connectivity index (χ2n) is 2.83. The van der Waals surface area contributed by atoms with Crippen LogP contribution in [0.1, 0.15) is 13.8 Å². The van der Waals surface area contributed by atoms with Gasteiger partial charge in [-0.15, -0.1) is 11.8 Å². The fraction of sp³-hybridized carbons (Fsp3) is 0.364. The Morgan fingerprint density at radius 2 is 2.21 bits per heavy atom. The average Bonchev–Trinajstić information content (AvgIpc) is 2.24. The average molecular weight is 211 g/mol. The normalized spacial score (nSPS) is 17.1. The van der Waals surface area contributed by atoms with E-state index >= 15 is 0 Å². The van der Waals surface area contributed by atoms with Crippen molar-refractivity contribution in [1.29, 1.82) is 5.26 Å². The third kappa shape index (κ3) is 3.04. The highest BCUT2D eigenvalue weighted by molar-refractivity contribution is 8.00. The van der Waals surface area contributed by atoms with Crippen molar-refractivity contribution in [3.8, 4) is 6.07 Å². The predicted octanol–water partition coefficient (Wildman–Crippen LogP) is 3.62. The SMILES string of the molecule is C=C/C(F)=C\C(=C/C)C(C)(C#N)SC. The summed E-state index contributed by atoms with van der Waals surface area (Å²) in [5.41, 5.74) is 0.657. The minimum absolute atomic E-state index is 0.423. The Labute approximate surface area is 89.0 Å². The lowest BCUT2D eigenvalue weighted by molar-refractivity contribution is 0.664. The number of rotatable bonds is 4. The Morgan fingerprint density at radius 3 is 2.50 bits per heavy atom. The van der Waals surface area contributed by atoms with Gasteiger partial charge in [-0.05, 0) is 37.8 Å². The van der Waals surface area contributed by atoms with Crippen molar-refractivity contribution in [2.24, 2.45) is 0 Å². The largest absolute Gasteiger partial charge is 0.207 e. The van der Waals surface area contributed by atoms with E-state index in [-0.39, 0.29) is 0 Å². The van der Waals surface area contributed by atoms with Crippen LogP contribution >= 0.6 is 11.8 Å². The lowest BCUT2D eigenvalue weighted by atomic mass is 10.0. The summed E-state index contributed by atoms with van der Waals surface area (Å²) in [6.45, 7) is 6.87. The fourth-order valence-corrected chi connectivity index (χ4v) is 1.44. The molecule has 0 saturated heterocycles. The molecular formula is C11H14FNS. The third-order valence-corrected chi connectivity index (χ3v) is 3.12. The lowest BCUT2D eigenvalue weighted by Crippen LogP contribution is -2.19. The first-order chi connectivity index (χ1) is 6.53. The molecule has 0 aromatic rings. The highest BCUT2D eigenvalue weighted by Gasteiger charge is 2.25. The molecule has 1 atom stereocenters. The second-order valence-corrected chi connectivity index (χ2v) is 4.05. The van der Waals surface area contributed by atoms with Gasteiger partial charge >= 0.3 is 0 Å². The molecule has 0 fully saturated rings. The van der Waals surface area contributed by atoms with E-state index in [9.17, 15) is 4.39 Å². The minimum atomic E-state index is -0.699. The predicted molar refractivity (Wildman–Crippen MR) is 60.7 cm³/mol. The number of hydrogen-bond donors (Lipinski definition) is 0. The maximum atomic E-state index is 13.0. The van der Waals surface area contributed by atoms with Crippen molar-refractivity contribution in [2.75, 3.05) is 6.26 Å². The quantitative estimate of drug-likeness (QED) is 0.663.